The molecule has 0 aromatic heterocycles. The molecule has 1 aromatic carbocycles. The van der Waals surface area contributed by atoms with Crippen molar-refractivity contribution in [1.29, 1.82) is 0 Å². The van der Waals surface area contributed by atoms with E-state index in [0.717, 1.165) is 27.6 Å². The van der Waals surface area contributed by atoms with Crippen LogP contribution in [-0.2, 0) is 21.4 Å². The second-order valence-corrected chi connectivity index (χ2v) is 4.41. The van der Waals surface area contributed by atoms with E-state index in [1.807, 2.05) is 13.0 Å². The van der Waals surface area contributed by atoms with Gasteiger partial charge in [-0.05, 0) is 29.7 Å². The molecule has 0 fully saturated rings. The highest BCUT2D eigenvalue weighted by Crippen LogP contribution is 2.20. The van der Waals surface area contributed by atoms with Crippen molar-refractivity contribution in [3.63, 3.8) is 0 Å². The van der Waals surface area contributed by atoms with Gasteiger partial charge < -0.3 is 9.47 Å². The molecule has 0 spiro atoms. The number of ether oxygens (including phenoxy) is 2. The van der Waals surface area contributed by atoms with Crippen LogP contribution in [0.3, 0.4) is 0 Å². The van der Waals surface area contributed by atoms with Crippen molar-refractivity contribution in [3.05, 3.63) is 34.4 Å². The molecule has 0 aliphatic rings. The van der Waals surface area contributed by atoms with Gasteiger partial charge in [0.25, 0.3) is 0 Å². The maximum Gasteiger partial charge on any atom is 0.188 e. The van der Waals surface area contributed by atoms with E-state index in [4.69, 9.17) is 9.47 Å². The van der Waals surface area contributed by atoms with E-state index in [2.05, 4.69) is 22.0 Å². The van der Waals surface area contributed by atoms with Gasteiger partial charge in [0.05, 0.1) is 6.61 Å². The Hall–Kier alpha value is -0.710. The third-order valence-corrected chi connectivity index (χ3v) is 3.25. The lowest BCUT2D eigenvalue weighted by molar-refractivity contribution is 0.0847. The second-order valence-electron chi connectivity index (χ2n) is 3.85. The summed E-state index contributed by atoms with van der Waals surface area (Å²) in [5.74, 6) is 0.00477. The van der Waals surface area contributed by atoms with Crippen LogP contribution >= 0.6 is 15.9 Å². The van der Waals surface area contributed by atoms with E-state index in [0.29, 0.717) is 6.61 Å². The van der Waals surface area contributed by atoms with Crippen LogP contribution in [0.2, 0.25) is 0 Å². The van der Waals surface area contributed by atoms with Crippen LogP contribution in [0.1, 0.15) is 27.0 Å². The van der Waals surface area contributed by atoms with Crippen molar-refractivity contribution >= 4 is 21.7 Å². The first kappa shape index (κ1) is 14.4. The number of benzene rings is 1. The van der Waals surface area contributed by atoms with E-state index in [9.17, 15) is 4.79 Å². The highest BCUT2D eigenvalue weighted by molar-refractivity contribution is 9.08. The van der Waals surface area contributed by atoms with Crippen LogP contribution in [0.5, 0.6) is 0 Å². The average molecular weight is 301 g/mol. The number of hydrogen-bond acceptors (Lipinski definition) is 3. The monoisotopic (exact) mass is 300 g/mol. The van der Waals surface area contributed by atoms with Crippen LogP contribution in [0.4, 0.5) is 0 Å². The number of hydrogen-bond donors (Lipinski definition) is 0. The van der Waals surface area contributed by atoms with E-state index < -0.39 is 0 Å². The van der Waals surface area contributed by atoms with Gasteiger partial charge in [-0.3, -0.25) is 4.79 Å². The van der Waals surface area contributed by atoms with Gasteiger partial charge in [0, 0.05) is 25.1 Å². The molecule has 0 radical (unpaired) electrons. The molecule has 0 bridgehead atoms. The van der Waals surface area contributed by atoms with E-state index >= 15 is 0 Å². The van der Waals surface area contributed by atoms with Crippen molar-refractivity contribution in [2.45, 2.75) is 18.9 Å². The summed E-state index contributed by atoms with van der Waals surface area (Å²) in [7, 11) is 3.18. The lowest BCUT2D eigenvalue weighted by atomic mass is 9.97. The Kier molecular flexibility index (Phi) is 5.82. The van der Waals surface area contributed by atoms with Gasteiger partial charge in [0.2, 0.25) is 0 Å². The first-order valence-electron chi connectivity index (χ1n) is 5.33. The maximum absolute atomic E-state index is 11.9. The molecule has 1 aromatic rings. The van der Waals surface area contributed by atoms with Crippen LogP contribution in [0, 0.1) is 6.92 Å². The predicted molar refractivity (Wildman–Crippen MR) is 70.7 cm³/mol. The summed E-state index contributed by atoms with van der Waals surface area (Å²) in [5, 5.41) is 0.720. The van der Waals surface area contributed by atoms with Crippen molar-refractivity contribution in [2.24, 2.45) is 0 Å². The number of halogens is 1. The molecule has 4 heteroatoms. The summed E-state index contributed by atoms with van der Waals surface area (Å²) >= 11 is 3.41. The minimum absolute atomic E-state index is 0.00477. The van der Waals surface area contributed by atoms with Gasteiger partial charge in [0.1, 0.15) is 6.61 Å². The fraction of sp³-hybridized carbons (Fsp3) is 0.462. The third-order valence-electron chi connectivity index (χ3n) is 2.61. The minimum Gasteiger partial charge on any atom is -0.380 e. The summed E-state index contributed by atoms with van der Waals surface area (Å²) in [6.45, 7) is 2.56. The van der Waals surface area contributed by atoms with Gasteiger partial charge in [-0.25, -0.2) is 0 Å². The van der Waals surface area contributed by atoms with Crippen molar-refractivity contribution in [2.75, 3.05) is 20.8 Å². The first-order chi connectivity index (χ1) is 8.13. The molecule has 1 rings (SSSR count). The van der Waals surface area contributed by atoms with E-state index in [1.54, 1.807) is 7.11 Å². The molecule has 0 aliphatic carbocycles. The highest BCUT2D eigenvalue weighted by Gasteiger charge is 2.13. The number of carbonyl (C=O) groups is 1. The van der Waals surface area contributed by atoms with Gasteiger partial charge in [-0.2, -0.15) is 0 Å². The molecule has 0 unspecified atom stereocenters. The number of methoxy groups -OCH3 is 2. The Balaban J connectivity index is 3.18. The lowest BCUT2D eigenvalue weighted by Crippen LogP contribution is -2.11. The SMILES string of the molecule is COCC(=O)c1cc(CBr)cc(COC)c1C. The molecule has 0 saturated carbocycles. The molecule has 94 valence electrons. The third kappa shape index (κ3) is 3.63. The largest absolute Gasteiger partial charge is 0.380 e. The number of alkyl halides is 1. The molecule has 0 aliphatic heterocycles. The smallest absolute Gasteiger partial charge is 0.188 e. The zero-order valence-corrected chi connectivity index (χ0v) is 12.0. The van der Waals surface area contributed by atoms with Crippen molar-refractivity contribution in [3.8, 4) is 0 Å². The summed E-state index contributed by atoms with van der Waals surface area (Å²) in [6.07, 6.45) is 0. The van der Waals surface area contributed by atoms with Crippen LogP contribution in [0.15, 0.2) is 12.1 Å². The summed E-state index contributed by atoms with van der Waals surface area (Å²) in [5.41, 5.74) is 3.81. The molecular formula is C13H17BrO3. The van der Waals surface area contributed by atoms with Gasteiger partial charge in [-0.1, -0.05) is 22.0 Å². The Labute approximate surface area is 110 Å². The van der Waals surface area contributed by atoms with Gasteiger partial charge in [0.15, 0.2) is 5.78 Å². The molecule has 17 heavy (non-hydrogen) atoms. The standard InChI is InChI=1S/C13H17BrO3/c1-9-11(7-16-2)4-10(6-14)5-12(9)13(15)8-17-3/h4-5H,6-8H2,1-3H3. The van der Waals surface area contributed by atoms with Crippen LogP contribution in [0.25, 0.3) is 0 Å². The Bertz CT molecular complexity index is 402. The molecule has 3 nitrogen and oxygen atoms in total. The van der Waals surface area contributed by atoms with Crippen LogP contribution < -0.4 is 0 Å². The quantitative estimate of drug-likeness (QED) is 0.599. The number of carbonyl (C=O) groups excluding carboxylic acids is 1. The maximum atomic E-state index is 11.9. The lowest BCUT2D eigenvalue weighted by Gasteiger charge is -2.12. The molecule has 0 atom stereocenters. The van der Waals surface area contributed by atoms with Crippen LogP contribution in [-0.4, -0.2) is 26.6 Å². The van der Waals surface area contributed by atoms with Crippen molar-refractivity contribution < 1.29 is 14.3 Å². The zero-order chi connectivity index (χ0) is 12.8. The minimum atomic E-state index is 0.00477. The van der Waals surface area contributed by atoms with E-state index in [-0.39, 0.29) is 12.4 Å². The zero-order valence-electron chi connectivity index (χ0n) is 10.4. The molecule has 0 amide bonds. The van der Waals surface area contributed by atoms with Crippen molar-refractivity contribution in [1.82, 2.24) is 0 Å². The highest BCUT2D eigenvalue weighted by atomic mass is 79.9. The van der Waals surface area contributed by atoms with Gasteiger partial charge >= 0.3 is 0 Å². The predicted octanol–water partition coefficient (Wildman–Crippen LogP) is 2.87. The fourth-order valence-electron chi connectivity index (χ4n) is 1.72. The number of ketones is 1. The second kappa shape index (κ2) is 6.89. The Morgan fingerprint density at radius 1 is 1.29 bits per heavy atom. The summed E-state index contributed by atoms with van der Waals surface area (Å²) in [6, 6.07) is 3.96. The topological polar surface area (TPSA) is 35.5 Å². The molecule has 0 heterocycles. The summed E-state index contributed by atoms with van der Waals surface area (Å²) < 4.78 is 10.0. The van der Waals surface area contributed by atoms with E-state index in [1.165, 1.54) is 7.11 Å². The number of Topliss-reactive ketones (excluding diaryl/α,β-unsaturated/α-hetero) is 1. The average Bonchev–Trinajstić information content (AvgIpc) is 2.32. The number of rotatable bonds is 6. The first-order valence-corrected chi connectivity index (χ1v) is 6.45. The van der Waals surface area contributed by atoms with Gasteiger partial charge in [-0.15, -0.1) is 0 Å². The summed E-state index contributed by atoms with van der Waals surface area (Å²) in [4.78, 5) is 11.9. The molecule has 0 N–H and O–H groups in total. The fourth-order valence-corrected chi connectivity index (χ4v) is 2.05. The normalized spacial score (nSPS) is 10.6. The Morgan fingerprint density at radius 2 is 2.00 bits per heavy atom. The molecular weight excluding hydrogens is 284 g/mol. The Morgan fingerprint density at radius 3 is 2.53 bits per heavy atom. The molecule has 0 saturated heterocycles.